The molecule has 146 valence electrons. The van der Waals surface area contributed by atoms with Gasteiger partial charge >= 0.3 is 0 Å². The average Bonchev–Trinajstić information content (AvgIpc) is 3.33. The molecule has 1 aromatic heterocycles. The molecule has 0 bridgehead atoms. The van der Waals surface area contributed by atoms with Crippen molar-refractivity contribution in [2.24, 2.45) is 0 Å². The second-order valence-corrected chi connectivity index (χ2v) is 7.69. The van der Waals surface area contributed by atoms with Crippen LogP contribution in [0.25, 0.3) is 6.08 Å². The first-order valence-electron chi connectivity index (χ1n) is 9.01. The summed E-state index contributed by atoms with van der Waals surface area (Å²) in [5.41, 5.74) is 2.12. The van der Waals surface area contributed by atoms with Crippen molar-refractivity contribution in [2.75, 3.05) is 6.73 Å². The zero-order chi connectivity index (χ0) is 20.0. The second kappa shape index (κ2) is 7.26. The predicted molar refractivity (Wildman–Crippen MR) is 109 cm³/mol. The number of benzene rings is 2. The van der Waals surface area contributed by atoms with E-state index in [9.17, 15) is 4.79 Å². The van der Waals surface area contributed by atoms with Crippen LogP contribution in [-0.4, -0.2) is 17.4 Å². The molecule has 0 amide bonds. The number of allylic oxidation sites excluding steroid dienone is 1. The van der Waals surface area contributed by atoms with Gasteiger partial charge in [-0.05, 0) is 48.0 Å². The van der Waals surface area contributed by atoms with Crippen molar-refractivity contribution >= 4 is 35.1 Å². The van der Waals surface area contributed by atoms with Gasteiger partial charge in [0.1, 0.15) is 24.0 Å². The third kappa shape index (κ3) is 3.42. The Morgan fingerprint density at radius 2 is 2.00 bits per heavy atom. The molecule has 0 spiro atoms. The molecule has 0 aliphatic carbocycles. The number of ketones is 1. The number of nitrogens with zero attached hydrogens (tertiary/aromatic N) is 1. The van der Waals surface area contributed by atoms with E-state index in [0.717, 1.165) is 22.6 Å². The summed E-state index contributed by atoms with van der Waals surface area (Å²) in [5.74, 6) is 2.19. The molecule has 0 unspecified atom stereocenters. The molecule has 0 N–H and O–H groups in total. The molecular formula is C22H15Cl2NO4. The van der Waals surface area contributed by atoms with Crippen molar-refractivity contribution in [3.05, 3.63) is 87.0 Å². The third-order valence-corrected chi connectivity index (χ3v) is 5.62. The predicted octanol–water partition coefficient (Wildman–Crippen LogP) is 5.55. The van der Waals surface area contributed by atoms with Gasteiger partial charge in [-0.2, -0.15) is 0 Å². The summed E-state index contributed by atoms with van der Waals surface area (Å²) >= 11 is 12.0. The van der Waals surface area contributed by atoms with Crippen LogP contribution in [0.4, 0.5) is 0 Å². The first-order valence-corrected chi connectivity index (χ1v) is 9.77. The number of hydrogen-bond acceptors (Lipinski definition) is 5. The largest absolute Gasteiger partial charge is 0.478 e. The minimum absolute atomic E-state index is 0.169. The molecule has 5 nitrogen and oxygen atoms in total. The molecule has 7 heteroatoms. The minimum Gasteiger partial charge on any atom is -0.478 e. The fourth-order valence-corrected chi connectivity index (χ4v) is 3.79. The number of fused-ring (bicyclic) bond motifs is 3. The van der Waals surface area contributed by atoms with Crippen LogP contribution in [0.15, 0.2) is 58.9 Å². The summed E-state index contributed by atoms with van der Waals surface area (Å²) in [5, 5.41) is 0.877. The van der Waals surface area contributed by atoms with Crippen LogP contribution in [0.2, 0.25) is 10.0 Å². The first-order chi connectivity index (χ1) is 14.1. The molecule has 0 radical (unpaired) electrons. The fraction of sp³-hybridized carbons (Fsp3) is 0.136. The minimum atomic E-state index is -0.169. The van der Waals surface area contributed by atoms with E-state index in [1.165, 1.54) is 0 Å². The van der Waals surface area contributed by atoms with Crippen molar-refractivity contribution in [3.8, 4) is 11.5 Å². The van der Waals surface area contributed by atoms with E-state index < -0.39 is 0 Å². The van der Waals surface area contributed by atoms with Crippen LogP contribution < -0.4 is 9.47 Å². The molecule has 2 aromatic carbocycles. The van der Waals surface area contributed by atoms with Crippen molar-refractivity contribution in [1.29, 1.82) is 0 Å². The summed E-state index contributed by atoms with van der Waals surface area (Å²) in [4.78, 5) is 14.9. The summed E-state index contributed by atoms with van der Waals surface area (Å²) in [6.45, 7) is 1.63. The number of hydrogen-bond donors (Lipinski definition) is 0. The summed E-state index contributed by atoms with van der Waals surface area (Å²) in [6, 6.07) is 12.5. The van der Waals surface area contributed by atoms with E-state index in [1.54, 1.807) is 36.6 Å². The number of halogens is 2. The van der Waals surface area contributed by atoms with E-state index in [4.69, 9.17) is 37.1 Å². The Labute approximate surface area is 177 Å². The van der Waals surface area contributed by atoms with Gasteiger partial charge in [0.05, 0.1) is 34.0 Å². The Morgan fingerprint density at radius 3 is 2.79 bits per heavy atom. The van der Waals surface area contributed by atoms with Gasteiger partial charge in [-0.3, -0.25) is 9.69 Å². The van der Waals surface area contributed by atoms with Gasteiger partial charge in [0, 0.05) is 6.54 Å². The number of Topliss-reactive ketones (excluding diaryl/α,β-unsaturated/α-hetero) is 1. The van der Waals surface area contributed by atoms with Crippen LogP contribution in [0.5, 0.6) is 11.5 Å². The lowest BCUT2D eigenvalue weighted by molar-refractivity contribution is 0.0810. The monoisotopic (exact) mass is 427 g/mol. The Morgan fingerprint density at radius 1 is 1.10 bits per heavy atom. The maximum absolute atomic E-state index is 12.9. The van der Waals surface area contributed by atoms with Gasteiger partial charge in [-0.25, -0.2) is 0 Å². The lowest BCUT2D eigenvalue weighted by atomic mass is 10.0. The highest BCUT2D eigenvalue weighted by Crippen LogP contribution is 2.42. The Kier molecular flexibility index (Phi) is 4.59. The van der Waals surface area contributed by atoms with Crippen LogP contribution in [0, 0.1) is 0 Å². The van der Waals surface area contributed by atoms with Gasteiger partial charge in [0.2, 0.25) is 5.78 Å². The van der Waals surface area contributed by atoms with Crippen molar-refractivity contribution in [1.82, 2.24) is 4.90 Å². The molecule has 0 fully saturated rings. The van der Waals surface area contributed by atoms with Crippen LogP contribution in [0.3, 0.4) is 0 Å². The van der Waals surface area contributed by atoms with Gasteiger partial charge in [-0.15, -0.1) is 0 Å². The molecule has 29 heavy (non-hydrogen) atoms. The maximum atomic E-state index is 12.9. The smallest absolute Gasteiger partial charge is 0.231 e. The van der Waals surface area contributed by atoms with E-state index >= 15 is 0 Å². The zero-order valence-corrected chi connectivity index (χ0v) is 16.7. The molecule has 0 saturated carbocycles. The Balaban J connectivity index is 1.45. The van der Waals surface area contributed by atoms with Crippen molar-refractivity contribution in [3.63, 3.8) is 0 Å². The summed E-state index contributed by atoms with van der Waals surface area (Å²) in [7, 11) is 0. The van der Waals surface area contributed by atoms with Crippen LogP contribution in [0.1, 0.15) is 27.2 Å². The van der Waals surface area contributed by atoms with Gasteiger partial charge in [0.25, 0.3) is 0 Å². The van der Waals surface area contributed by atoms with Crippen LogP contribution in [-0.2, 0) is 13.1 Å². The lowest BCUT2D eigenvalue weighted by Crippen LogP contribution is -2.31. The van der Waals surface area contributed by atoms with Gasteiger partial charge < -0.3 is 13.9 Å². The topological polar surface area (TPSA) is 51.9 Å². The maximum Gasteiger partial charge on any atom is 0.231 e. The normalized spacial score (nSPS) is 17.0. The average molecular weight is 428 g/mol. The highest BCUT2D eigenvalue weighted by atomic mass is 35.5. The molecule has 2 aliphatic rings. The standard InChI is InChI=1S/C22H15Cl2NO4/c23-17-5-3-13(8-18(17)24)9-20-21(26)15-4-6-19-16(22(15)29-20)11-25(12-28-19)10-14-2-1-7-27-14/h1-9H,10-12H2/b20-9-. The van der Waals surface area contributed by atoms with E-state index in [-0.39, 0.29) is 11.5 Å². The highest BCUT2D eigenvalue weighted by Gasteiger charge is 2.33. The zero-order valence-electron chi connectivity index (χ0n) is 15.2. The number of carbonyl (C=O) groups excluding carboxylic acids is 1. The van der Waals surface area contributed by atoms with Gasteiger partial charge in [-0.1, -0.05) is 29.3 Å². The number of furan rings is 1. The van der Waals surface area contributed by atoms with Crippen LogP contribution >= 0.6 is 23.2 Å². The fourth-order valence-electron chi connectivity index (χ4n) is 3.48. The van der Waals surface area contributed by atoms with E-state index in [1.807, 2.05) is 18.2 Å². The molecule has 3 aromatic rings. The SMILES string of the molecule is O=C1/C(=C/c2ccc(Cl)c(Cl)c2)Oc2c1ccc1c2CN(Cc2ccco2)CO1. The van der Waals surface area contributed by atoms with E-state index in [2.05, 4.69) is 4.90 Å². The molecule has 0 atom stereocenters. The summed E-state index contributed by atoms with van der Waals surface area (Å²) in [6.07, 6.45) is 3.31. The highest BCUT2D eigenvalue weighted by molar-refractivity contribution is 6.42. The molecule has 2 aliphatic heterocycles. The number of rotatable bonds is 3. The first kappa shape index (κ1) is 18.3. The molecule has 0 saturated heterocycles. The summed E-state index contributed by atoms with van der Waals surface area (Å²) < 4.78 is 17.3. The van der Waals surface area contributed by atoms with Crippen molar-refractivity contribution in [2.45, 2.75) is 13.1 Å². The van der Waals surface area contributed by atoms with Gasteiger partial charge in [0.15, 0.2) is 5.76 Å². The Hall–Kier alpha value is -2.73. The third-order valence-electron chi connectivity index (χ3n) is 4.88. The quantitative estimate of drug-likeness (QED) is 0.512. The molecular weight excluding hydrogens is 413 g/mol. The number of ether oxygens (including phenoxy) is 2. The van der Waals surface area contributed by atoms with E-state index in [0.29, 0.717) is 41.2 Å². The van der Waals surface area contributed by atoms with Crippen molar-refractivity contribution < 1.29 is 18.7 Å². The lowest BCUT2D eigenvalue weighted by Gasteiger charge is -2.29. The Bertz CT molecular complexity index is 1140. The molecule has 5 rings (SSSR count). The second-order valence-electron chi connectivity index (χ2n) is 6.87. The molecule has 3 heterocycles. The number of carbonyl (C=O) groups is 1.